The Hall–Kier alpha value is -9.75. The Bertz CT molecular complexity index is 4130. The van der Waals surface area contributed by atoms with E-state index in [1.807, 2.05) is 109 Å². The Balaban J connectivity index is 0.000000182. The maximum Gasteiger partial charge on any atom is 0.324 e. The van der Waals surface area contributed by atoms with Gasteiger partial charge in [-0.25, -0.2) is 19.6 Å². The smallest absolute Gasteiger partial charge is 0.324 e. The molecule has 2 aliphatic heterocycles. The zero-order valence-corrected chi connectivity index (χ0v) is 49.6. The van der Waals surface area contributed by atoms with Gasteiger partial charge in [-0.05, 0) is 173 Å². The number of hydrogen-bond acceptors (Lipinski definition) is 11. The summed E-state index contributed by atoms with van der Waals surface area (Å²) in [6.45, 7) is 10.7. The predicted octanol–water partition coefficient (Wildman–Crippen LogP) is 12.8. The lowest BCUT2D eigenvalue weighted by atomic mass is 9.93. The van der Waals surface area contributed by atoms with E-state index in [0.717, 1.165) is 78.8 Å². The van der Waals surface area contributed by atoms with Crippen molar-refractivity contribution in [3.05, 3.63) is 254 Å². The van der Waals surface area contributed by atoms with Gasteiger partial charge < -0.3 is 24.3 Å². The summed E-state index contributed by atoms with van der Waals surface area (Å²) in [7, 11) is 0. The molecule has 2 atom stereocenters. The number of hydrogen-bond donors (Lipinski definition) is 1. The Morgan fingerprint density at radius 1 is 0.580 bits per heavy atom. The molecule has 0 bridgehead atoms. The Kier molecular flexibility index (Phi) is 18.3. The van der Waals surface area contributed by atoms with Crippen molar-refractivity contribution in [2.24, 2.45) is 0 Å². The van der Waals surface area contributed by atoms with Gasteiger partial charge in [-0.2, -0.15) is 10.5 Å². The van der Waals surface area contributed by atoms with E-state index >= 15 is 0 Å². The first-order valence-electron chi connectivity index (χ1n) is 28.8. The fourth-order valence-corrected chi connectivity index (χ4v) is 12.3. The van der Waals surface area contributed by atoms with Crippen LogP contribution >= 0.6 is 23.2 Å². The summed E-state index contributed by atoms with van der Waals surface area (Å²) in [4.78, 5) is 60.3. The molecule has 2 aliphatic carbocycles. The Morgan fingerprint density at radius 3 is 1.52 bits per heavy atom. The summed E-state index contributed by atoms with van der Waals surface area (Å²) in [5.74, 6) is 1.90. The molecule has 442 valence electrons. The number of anilines is 2. The van der Waals surface area contributed by atoms with Crippen LogP contribution in [0.5, 0.6) is 0 Å². The molecule has 0 saturated carbocycles. The summed E-state index contributed by atoms with van der Waals surface area (Å²) in [5.41, 5.74) is 14.4. The molecule has 1 N–H and O–H groups in total. The molecule has 2 unspecified atom stereocenters. The zero-order valence-electron chi connectivity index (χ0n) is 48.1. The van der Waals surface area contributed by atoms with Gasteiger partial charge in [0.05, 0.1) is 53.3 Å². The first-order chi connectivity index (χ1) is 42.5. The van der Waals surface area contributed by atoms with Crippen LogP contribution in [0.1, 0.15) is 92.6 Å². The average molecular weight is 1210 g/mol. The molecule has 0 spiro atoms. The molecule has 88 heavy (non-hydrogen) atoms. The van der Waals surface area contributed by atoms with Gasteiger partial charge in [-0.3, -0.25) is 29.7 Å². The number of benzene rings is 4. The number of imidazole rings is 2. The van der Waals surface area contributed by atoms with Crippen LogP contribution in [-0.2, 0) is 19.6 Å². The highest BCUT2D eigenvalue weighted by atomic mass is 35.5. The quantitative estimate of drug-likeness (QED) is 0.137. The average Bonchev–Trinajstić information content (AvgIpc) is 1.77. The number of carbonyl (C=O) groups excluding carboxylic acids is 2. The highest BCUT2D eigenvalue weighted by molar-refractivity contribution is 6.31. The van der Waals surface area contributed by atoms with Gasteiger partial charge in [0.25, 0.3) is 0 Å². The summed E-state index contributed by atoms with van der Waals surface area (Å²) >= 11 is 13.2. The number of amides is 4. The lowest BCUT2D eigenvalue weighted by Crippen LogP contribution is -2.53. The number of nitrogens with zero attached hydrogens (tertiary/aromatic N) is 14. The third-order valence-corrected chi connectivity index (χ3v) is 17.0. The van der Waals surface area contributed by atoms with E-state index in [2.05, 4.69) is 99.9 Å². The van der Waals surface area contributed by atoms with Crippen molar-refractivity contribution in [2.45, 2.75) is 53.0 Å². The van der Waals surface area contributed by atoms with E-state index in [1.165, 1.54) is 0 Å². The molecule has 9 aromatic rings. The molecule has 13 rings (SSSR count). The minimum Gasteiger partial charge on any atom is -0.331 e. The van der Waals surface area contributed by atoms with Crippen LogP contribution in [0.2, 0.25) is 10.0 Å². The number of nitriles is 2. The number of halogens is 2. The maximum absolute atomic E-state index is 14.2. The standard InChI is InChI=1S/C37H33ClN8O.C31H28ClN7O.CH4/c1-26-41-15-16-45(26)25-30-21-29-3-2-12-42-35(29)36(33-9-6-31(38)22-34(30)33)43-17-19-44(20-18-43)37(47)46(24-28-10-13-40-14-11-28)32-7-4-27(23-39)5-8-32;1-21-34-11-12-39(21)20-24-17-23-3-2-10-35-29(23)30(27-9-6-25(32)18-28(24)27)37-13-15-38(16-14-37)31(40)36-26-7-4-22(19-33)5-8-26;/h2-16,21-22,36H,17-20,24-25H2,1H3;2-12,17-18,30H,13-16,20H2,1H3,(H,36,40);1H4. The molecule has 4 aliphatic rings. The number of urea groups is 2. The van der Waals surface area contributed by atoms with Crippen LogP contribution in [0.3, 0.4) is 0 Å². The van der Waals surface area contributed by atoms with E-state index in [-0.39, 0.29) is 31.6 Å². The maximum atomic E-state index is 14.2. The lowest BCUT2D eigenvalue weighted by molar-refractivity contribution is 0.122. The number of aromatic nitrogens is 7. The van der Waals surface area contributed by atoms with Crippen molar-refractivity contribution in [3.63, 3.8) is 0 Å². The van der Waals surface area contributed by atoms with Crippen molar-refractivity contribution in [1.29, 1.82) is 10.5 Å². The van der Waals surface area contributed by atoms with E-state index in [9.17, 15) is 14.9 Å². The van der Waals surface area contributed by atoms with Crippen LogP contribution < -0.4 is 10.2 Å². The van der Waals surface area contributed by atoms with E-state index in [0.29, 0.717) is 98.9 Å². The summed E-state index contributed by atoms with van der Waals surface area (Å²) in [6.07, 6.45) is 19.3. The topological polar surface area (TPSA) is 184 Å². The summed E-state index contributed by atoms with van der Waals surface area (Å²) in [6, 6.07) is 42.2. The minimum atomic E-state index is -0.143. The largest absolute Gasteiger partial charge is 0.331 e. The van der Waals surface area contributed by atoms with Gasteiger partial charge in [0.15, 0.2) is 0 Å². The second-order valence-corrected chi connectivity index (χ2v) is 22.7. The zero-order chi connectivity index (χ0) is 60.0. The number of rotatable bonds is 10. The predicted molar refractivity (Wildman–Crippen MR) is 345 cm³/mol. The number of carbonyl (C=O) groups is 2. The number of piperazine rings is 2. The Morgan fingerprint density at radius 2 is 1.06 bits per heavy atom. The van der Waals surface area contributed by atoms with E-state index in [4.69, 9.17) is 38.4 Å². The molecular weight excluding hydrogens is 1140 g/mol. The van der Waals surface area contributed by atoms with Crippen molar-refractivity contribution in [1.82, 2.24) is 53.7 Å². The number of fused-ring (bicyclic) bond motifs is 4. The molecule has 17 nitrogen and oxygen atoms in total. The SMILES string of the molecule is C.Cc1nccn1CC1=Cc2cccnc2C(N2CCN(C(=O)N(Cc3ccncc3)c3ccc(C#N)cc3)CC2)c2ccc(Cl)cc21.Cc1nccn1CC1=Cc2cccnc2C(N2CCN(C(=O)Nc3ccc(C#N)cc3)CC2)c2ccc(Cl)cc21. The summed E-state index contributed by atoms with van der Waals surface area (Å²) < 4.78 is 4.28. The Labute approximate surface area is 522 Å². The fraction of sp³-hybridized carbons (Fsp3) is 0.232. The highest BCUT2D eigenvalue weighted by Gasteiger charge is 2.37. The third-order valence-electron chi connectivity index (χ3n) is 16.6. The van der Waals surface area contributed by atoms with E-state index in [1.54, 1.807) is 53.7 Å². The number of allylic oxidation sites excluding steroid dienone is 2. The molecule has 7 heterocycles. The second kappa shape index (κ2) is 26.9. The minimum absolute atomic E-state index is 0. The van der Waals surface area contributed by atoms with Crippen LogP contribution in [-0.4, -0.2) is 118 Å². The van der Waals surface area contributed by atoms with Gasteiger partial charge in [-0.15, -0.1) is 0 Å². The fourth-order valence-electron chi connectivity index (χ4n) is 12.0. The van der Waals surface area contributed by atoms with Crippen molar-refractivity contribution >= 4 is 69.9 Å². The van der Waals surface area contributed by atoms with Crippen LogP contribution in [0.15, 0.2) is 171 Å². The van der Waals surface area contributed by atoms with Gasteiger partial charge in [0.2, 0.25) is 0 Å². The van der Waals surface area contributed by atoms with Gasteiger partial charge in [0, 0.05) is 136 Å². The second-order valence-electron chi connectivity index (χ2n) is 21.8. The number of nitrogens with one attached hydrogen (secondary N) is 1. The molecule has 2 fully saturated rings. The van der Waals surface area contributed by atoms with Crippen LogP contribution in [0, 0.1) is 36.5 Å². The van der Waals surface area contributed by atoms with E-state index < -0.39 is 0 Å². The monoisotopic (exact) mass is 1210 g/mol. The van der Waals surface area contributed by atoms with Crippen molar-refractivity contribution < 1.29 is 9.59 Å². The van der Waals surface area contributed by atoms with Gasteiger partial charge in [-0.1, -0.05) is 54.9 Å². The molecule has 19 heteroatoms. The van der Waals surface area contributed by atoms with Crippen molar-refractivity contribution in [3.8, 4) is 12.1 Å². The van der Waals surface area contributed by atoms with Crippen molar-refractivity contribution in [2.75, 3.05) is 62.6 Å². The normalized spacial score (nSPS) is 16.2. The first kappa shape index (κ1) is 60.0. The van der Waals surface area contributed by atoms with Gasteiger partial charge in [0.1, 0.15) is 11.6 Å². The number of pyridine rings is 3. The van der Waals surface area contributed by atoms with Crippen LogP contribution in [0.25, 0.3) is 23.3 Å². The first-order valence-corrected chi connectivity index (χ1v) is 29.6. The molecular formula is C69H65Cl2N15O2. The number of aryl methyl sites for hydroxylation is 2. The third kappa shape index (κ3) is 13.0. The molecule has 2 saturated heterocycles. The van der Waals surface area contributed by atoms with Crippen LogP contribution in [0.4, 0.5) is 21.0 Å². The molecule has 4 amide bonds. The van der Waals surface area contributed by atoms with Gasteiger partial charge >= 0.3 is 12.1 Å². The summed E-state index contributed by atoms with van der Waals surface area (Å²) in [5, 5.41) is 22.7. The lowest BCUT2D eigenvalue weighted by Gasteiger charge is -2.41. The molecule has 5 aromatic heterocycles. The molecule has 4 aromatic carbocycles. The molecule has 0 radical (unpaired) electrons. The highest BCUT2D eigenvalue weighted by Crippen LogP contribution is 2.43.